The van der Waals surface area contributed by atoms with Crippen molar-refractivity contribution >= 4 is 5.91 Å². The fraction of sp³-hybridized carbons (Fsp3) is 0.286. The molecule has 0 aliphatic rings. The van der Waals surface area contributed by atoms with Crippen molar-refractivity contribution in [2.75, 3.05) is 7.11 Å². The van der Waals surface area contributed by atoms with Gasteiger partial charge in [-0.2, -0.15) is 5.10 Å². The molecule has 0 radical (unpaired) electrons. The van der Waals surface area contributed by atoms with Gasteiger partial charge in [-0.3, -0.25) is 9.48 Å². The second kappa shape index (κ2) is 6.58. The molecule has 5 heteroatoms. The van der Waals surface area contributed by atoms with E-state index in [1.54, 1.807) is 18.0 Å². The number of aromatic nitrogens is 2. The standard InChI is InChI=1S/C14H17N3O2/c1-19-13-5-3-12(4-6-13)11-15-14(18)7-10-17-9-2-8-16-17/h2-6,8-9H,7,10-11H2,1H3,(H,15,18). The molecule has 100 valence electrons. The number of aryl methyl sites for hydroxylation is 1. The fourth-order valence-electron chi connectivity index (χ4n) is 1.68. The topological polar surface area (TPSA) is 56.1 Å². The van der Waals surface area contributed by atoms with Crippen LogP contribution in [0.25, 0.3) is 0 Å². The Bertz CT molecular complexity index is 506. The van der Waals surface area contributed by atoms with Crippen molar-refractivity contribution in [3.8, 4) is 5.75 Å². The second-order valence-electron chi connectivity index (χ2n) is 4.14. The van der Waals surface area contributed by atoms with E-state index in [4.69, 9.17) is 4.74 Å². The molecule has 0 saturated carbocycles. The lowest BCUT2D eigenvalue weighted by molar-refractivity contribution is -0.121. The molecule has 0 spiro atoms. The highest BCUT2D eigenvalue weighted by atomic mass is 16.5. The summed E-state index contributed by atoms with van der Waals surface area (Å²) in [5, 5.41) is 6.93. The first-order valence-electron chi connectivity index (χ1n) is 6.15. The Labute approximate surface area is 112 Å². The van der Waals surface area contributed by atoms with E-state index in [-0.39, 0.29) is 5.91 Å². The molecular formula is C14H17N3O2. The zero-order chi connectivity index (χ0) is 13.5. The summed E-state index contributed by atoms with van der Waals surface area (Å²) in [5.41, 5.74) is 1.05. The third-order valence-corrected chi connectivity index (χ3v) is 2.78. The minimum atomic E-state index is 0.0197. The number of methoxy groups -OCH3 is 1. The Balaban J connectivity index is 1.73. The van der Waals surface area contributed by atoms with Crippen LogP contribution in [0, 0.1) is 0 Å². The Hall–Kier alpha value is -2.30. The summed E-state index contributed by atoms with van der Waals surface area (Å²) in [4.78, 5) is 11.7. The highest BCUT2D eigenvalue weighted by molar-refractivity contribution is 5.75. The van der Waals surface area contributed by atoms with Crippen LogP contribution >= 0.6 is 0 Å². The Kier molecular flexibility index (Phi) is 4.55. The van der Waals surface area contributed by atoms with Gasteiger partial charge in [0.1, 0.15) is 5.75 Å². The molecular weight excluding hydrogens is 242 g/mol. The summed E-state index contributed by atoms with van der Waals surface area (Å²) >= 11 is 0. The van der Waals surface area contributed by atoms with Crippen molar-refractivity contribution in [2.45, 2.75) is 19.5 Å². The zero-order valence-corrected chi connectivity index (χ0v) is 10.9. The molecule has 2 rings (SSSR count). The summed E-state index contributed by atoms with van der Waals surface area (Å²) < 4.78 is 6.82. The van der Waals surface area contributed by atoms with Crippen molar-refractivity contribution in [2.24, 2.45) is 0 Å². The number of hydrogen-bond donors (Lipinski definition) is 1. The smallest absolute Gasteiger partial charge is 0.222 e. The van der Waals surface area contributed by atoms with Crippen molar-refractivity contribution in [1.82, 2.24) is 15.1 Å². The summed E-state index contributed by atoms with van der Waals surface area (Å²) in [6, 6.07) is 9.48. The average Bonchev–Trinajstić information content (AvgIpc) is 2.96. The molecule has 0 unspecified atom stereocenters. The van der Waals surface area contributed by atoms with Crippen LogP contribution < -0.4 is 10.1 Å². The number of carbonyl (C=O) groups is 1. The molecule has 0 aliphatic heterocycles. The van der Waals surface area contributed by atoms with Gasteiger partial charge in [-0.25, -0.2) is 0 Å². The normalized spacial score (nSPS) is 10.2. The van der Waals surface area contributed by atoms with Gasteiger partial charge >= 0.3 is 0 Å². The van der Waals surface area contributed by atoms with Crippen LogP contribution in [0.4, 0.5) is 0 Å². The highest BCUT2D eigenvalue weighted by Gasteiger charge is 2.02. The van der Waals surface area contributed by atoms with Gasteiger partial charge in [-0.15, -0.1) is 0 Å². The number of benzene rings is 1. The van der Waals surface area contributed by atoms with Crippen molar-refractivity contribution in [3.05, 3.63) is 48.3 Å². The lowest BCUT2D eigenvalue weighted by Crippen LogP contribution is -2.23. The number of ether oxygens (including phenoxy) is 1. The Morgan fingerprint density at radius 3 is 2.79 bits per heavy atom. The predicted molar refractivity (Wildman–Crippen MR) is 71.7 cm³/mol. The summed E-state index contributed by atoms with van der Waals surface area (Å²) in [6.07, 6.45) is 3.98. The van der Waals surface area contributed by atoms with Crippen molar-refractivity contribution in [1.29, 1.82) is 0 Å². The van der Waals surface area contributed by atoms with Gasteiger partial charge in [0.25, 0.3) is 0 Å². The van der Waals surface area contributed by atoms with E-state index in [1.807, 2.05) is 36.5 Å². The molecule has 0 fully saturated rings. The van der Waals surface area contributed by atoms with Crippen LogP contribution in [0.5, 0.6) is 5.75 Å². The average molecular weight is 259 g/mol. The molecule has 1 N–H and O–H groups in total. The Morgan fingerprint density at radius 1 is 1.37 bits per heavy atom. The Morgan fingerprint density at radius 2 is 2.16 bits per heavy atom. The first kappa shape index (κ1) is 13.1. The van der Waals surface area contributed by atoms with E-state index >= 15 is 0 Å². The van der Waals surface area contributed by atoms with Crippen LogP contribution in [0.1, 0.15) is 12.0 Å². The van der Waals surface area contributed by atoms with Gasteiger partial charge in [0.05, 0.1) is 7.11 Å². The molecule has 19 heavy (non-hydrogen) atoms. The minimum Gasteiger partial charge on any atom is -0.497 e. The predicted octanol–water partition coefficient (Wildman–Crippen LogP) is 1.60. The van der Waals surface area contributed by atoms with Crippen LogP contribution in [0.2, 0.25) is 0 Å². The molecule has 0 bridgehead atoms. The molecule has 2 aromatic rings. The number of hydrogen-bond acceptors (Lipinski definition) is 3. The zero-order valence-electron chi connectivity index (χ0n) is 10.9. The molecule has 0 atom stereocenters. The molecule has 5 nitrogen and oxygen atoms in total. The molecule has 0 aliphatic carbocycles. The van der Waals surface area contributed by atoms with E-state index in [0.29, 0.717) is 19.5 Å². The monoisotopic (exact) mass is 259 g/mol. The van der Waals surface area contributed by atoms with Gasteiger partial charge in [-0.05, 0) is 23.8 Å². The number of amides is 1. The SMILES string of the molecule is COc1ccc(CNC(=O)CCn2cccn2)cc1. The number of nitrogens with zero attached hydrogens (tertiary/aromatic N) is 2. The van der Waals surface area contributed by atoms with Crippen molar-refractivity contribution in [3.63, 3.8) is 0 Å². The quantitative estimate of drug-likeness (QED) is 0.857. The third kappa shape index (κ3) is 4.13. The van der Waals surface area contributed by atoms with E-state index in [0.717, 1.165) is 11.3 Å². The van der Waals surface area contributed by atoms with Crippen molar-refractivity contribution < 1.29 is 9.53 Å². The highest BCUT2D eigenvalue weighted by Crippen LogP contribution is 2.10. The van der Waals surface area contributed by atoms with E-state index in [1.165, 1.54) is 0 Å². The van der Waals surface area contributed by atoms with Gasteiger partial charge in [0, 0.05) is 31.9 Å². The maximum atomic E-state index is 11.7. The molecule has 1 aromatic heterocycles. The maximum absolute atomic E-state index is 11.7. The third-order valence-electron chi connectivity index (χ3n) is 2.78. The van der Waals surface area contributed by atoms with Gasteiger partial charge in [-0.1, -0.05) is 12.1 Å². The summed E-state index contributed by atoms with van der Waals surface area (Å²) in [7, 11) is 1.63. The van der Waals surface area contributed by atoms with Crippen LogP contribution in [-0.4, -0.2) is 22.8 Å². The lowest BCUT2D eigenvalue weighted by Gasteiger charge is -2.06. The largest absolute Gasteiger partial charge is 0.497 e. The summed E-state index contributed by atoms with van der Waals surface area (Å²) in [6.45, 7) is 1.13. The molecule has 1 heterocycles. The number of rotatable bonds is 6. The van der Waals surface area contributed by atoms with Gasteiger partial charge in [0.15, 0.2) is 0 Å². The van der Waals surface area contributed by atoms with Gasteiger partial charge in [0.2, 0.25) is 5.91 Å². The molecule has 1 amide bonds. The van der Waals surface area contributed by atoms with Crippen LogP contribution in [0.15, 0.2) is 42.7 Å². The fourth-order valence-corrected chi connectivity index (χ4v) is 1.68. The van der Waals surface area contributed by atoms with Crippen LogP contribution in [0.3, 0.4) is 0 Å². The lowest BCUT2D eigenvalue weighted by atomic mass is 10.2. The second-order valence-corrected chi connectivity index (χ2v) is 4.14. The first-order valence-corrected chi connectivity index (χ1v) is 6.15. The maximum Gasteiger partial charge on any atom is 0.222 e. The van der Waals surface area contributed by atoms with E-state index in [9.17, 15) is 4.79 Å². The summed E-state index contributed by atoms with van der Waals surface area (Å²) in [5.74, 6) is 0.833. The molecule has 1 aromatic carbocycles. The number of carbonyl (C=O) groups excluding carboxylic acids is 1. The van der Waals surface area contributed by atoms with Gasteiger partial charge < -0.3 is 10.1 Å². The van der Waals surface area contributed by atoms with E-state index in [2.05, 4.69) is 10.4 Å². The minimum absolute atomic E-state index is 0.0197. The van der Waals surface area contributed by atoms with E-state index < -0.39 is 0 Å². The van der Waals surface area contributed by atoms with Crippen LogP contribution in [-0.2, 0) is 17.9 Å². The number of nitrogens with one attached hydrogen (secondary N) is 1. The molecule has 0 saturated heterocycles. The first-order chi connectivity index (χ1) is 9.28.